The summed E-state index contributed by atoms with van der Waals surface area (Å²) in [7, 11) is -2.15. The first-order chi connectivity index (χ1) is 15.1. The van der Waals surface area contributed by atoms with Gasteiger partial charge in [-0.15, -0.1) is 0 Å². The van der Waals surface area contributed by atoms with Crippen molar-refractivity contribution in [2.75, 3.05) is 33.3 Å². The molecule has 0 spiro atoms. The van der Waals surface area contributed by atoms with Crippen molar-refractivity contribution in [3.05, 3.63) is 46.8 Å². The number of sulfonamides is 1. The van der Waals surface area contributed by atoms with E-state index >= 15 is 0 Å². The molecule has 1 aromatic carbocycles. The molecule has 1 aliphatic heterocycles. The highest BCUT2D eigenvalue weighted by molar-refractivity contribution is 7.89. The molecule has 2 heterocycles. The molecule has 0 aliphatic carbocycles. The Balaban J connectivity index is 1.71. The number of carbonyl (C=O) groups is 2. The number of amides is 1. The molecule has 1 N–H and O–H groups in total. The minimum absolute atomic E-state index is 0.182. The Labute approximate surface area is 188 Å². The lowest BCUT2D eigenvalue weighted by atomic mass is 10.1. The van der Waals surface area contributed by atoms with Gasteiger partial charge >= 0.3 is 5.97 Å². The second kappa shape index (κ2) is 9.33. The minimum Gasteiger partial charge on any atom is -0.497 e. The lowest BCUT2D eigenvalue weighted by Crippen LogP contribution is -2.50. The molecule has 10 heteroatoms. The van der Waals surface area contributed by atoms with Gasteiger partial charge in [-0.1, -0.05) is 0 Å². The maximum atomic E-state index is 13.1. The van der Waals surface area contributed by atoms with Gasteiger partial charge in [0.2, 0.25) is 10.0 Å². The average molecular weight is 464 g/mol. The number of piperazine rings is 1. The van der Waals surface area contributed by atoms with Gasteiger partial charge in [0.25, 0.3) is 5.91 Å². The van der Waals surface area contributed by atoms with Crippen molar-refractivity contribution < 1.29 is 27.5 Å². The summed E-state index contributed by atoms with van der Waals surface area (Å²) in [5.74, 6) is -0.163. The Morgan fingerprint density at radius 1 is 1.03 bits per heavy atom. The molecule has 1 fully saturated rings. The largest absolute Gasteiger partial charge is 0.497 e. The van der Waals surface area contributed by atoms with E-state index < -0.39 is 16.0 Å². The zero-order valence-electron chi connectivity index (χ0n) is 19.0. The quantitative estimate of drug-likeness (QED) is 0.659. The van der Waals surface area contributed by atoms with E-state index in [0.29, 0.717) is 28.3 Å². The summed E-state index contributed by atoms with van der Waals surface area (Å²) < 4.78 is 37.6. The van der Waals surface area contributed by atoms with Crippen molar-refractivity contribution in [1.29, 1.82) is 0 Å². The van der Waals surface area contributed by atoms with Crippen molar-refractivity contribution in [3.63, 3.8) is 0 Å². The van der Waals surface area contributed by atoms with Gasteiger partial charge in [-0.3, -0.25) is 4.79 Å². The molecule has 174 valence electrons. The van der Waals surface area contributed by atoms with Crippen LogP contribution < -0.4 is 4.74 Å². The second-order valence-corrected chi connectivity index (χ2v) is 9.89. The smallest absolute Gasteiger partial charge is 0.340 e. The van der Waals surface area contributed by atoms with E-state index in [9.17, 15) is 18.0 Å². The van der Waals surface area contributed by atoms with E-state index in [1.165, 1.54) is 23.5 Å². The summed E-state index contributed by atoms with van der Waals surface area (Å²) in [5, 5.41) is 0. The van der Waals surface area contributed by atoms with Gasteiger partial charge < -0.3 is 19.4 Å². The number of rotatable bonds is 6. The van der Waals surface area contributed by atoms with Gasteiger partial charge in [-0.05, 0) is 57.5 Å². The van der Waals surface area contributed by atoms with Crippen molar-refractivity contribution >= 4 is 21.9 Å². The molecule has 0 saturated carbocycles. The van der Waals surface area contributed by atoms with Gasteiger partial charge in [0, 0.05) is 31.9 Å². The first kappa shape index (κ1) is 23.8. The van der Waals surface area contributed by atoms with Gasteiger partial charge in [-0.2, -0.15) is 4.31 Å². The van der Waals surface area contributed by atoms with E-state index in [2.05, 4.69) is 4.98 Å². The SMILES string of the molecule is COc1ccc(S(=O)(=O)N2CCN(C(=O)c3[nH]c(C)c(C(=O)OC(C)C)c3C)CC2)cc1. The molecule has 0 radical (unpaired) electrons. The Morgan fingerprint density at radius 2 is 1.62 bits per heavy atom. The molecule has 0 bridgehead atoms. The topological polar surface area (TPSA) is 109 Å². The standard InChI is InChI=1S/C22H29N3O6S/c1-14(2)31-22(27)19-15(3)20(23-16(19)4)21(26)24-10-12-25(13-11-24)32(28,29)18-8-6-17(30-5)7-9-18/h6-9,14,23H,10-13H2,1-5H3. The molecule has 1 aliphatic rings. The minimum atomic E-state index is -3.66. The highest BCUT2D eigenvalue weighted by atomic mass is 32.2. The van der Waals surface area contributed by atoms with Crippen LogP contribution in [0.15, 0.2) is 29.2 Å². The van der Waals surface area contributed by atoms with Crippen LogP contribution in [-0.2, 0) is 14.8 Å². The summed E-state index contributed by atoms with van der Waals surface area (Å²) in [4.78, 5) is 30.3. The summed E-state index contributed by atoms with van der Waals surface area (Å²) in [6.45, 7) is 7.82. The molecule has 2 aromatic rings. The maximum Gasteiger partial charge on any atom is 0.340 e. The lowest BCUT2D eigenvalue weighted by Gasteiger charge is -2.34. The highest BCUT2D eigenvalue weighted by Crippen LogP contribution is 2.24. The van der Waals surface area contributed by atoms with Crippen LogP contribution >= 0.6 is 0 Å². The second-order valence-electron chi connectivity index (χ2n) is 7.95. The molecule has 9 nitrogen and oxygen atoms in total. The Bertz CT molecular complexity index is 1100. The fourth-order valence-electron chi connectivity index (χ4n) is 3.73. The summed E-state index contributed by atoms with van der Waals surface area (Å²) in [6.07, 6.45) is -0.268. The molecule has 0 atom stereocenters. The van der Waals surface area contributed by atoms with Crippen LogP contribution in [0.1, 0.15) is 46.0 Å². The molecule has 1 aromatic heterocycles. The average Bonchev–Trinajstić information content (AvgIpc) is 3.06. The number of carbonyl (C=O) groups excluding carboxylic acids is 2. The first-order valence-corrected chi connectivity index (χ1v) is 11.8. The van der Waals surface area contributed by atoms with Gasteiger partial charge in [-0.25, -0.2) is 13.2 Å². The molecule has 1 amide bonds. The van der Waals surface area contributed by atoms with Crippen molar-refractivity contribution in [2.45, 2.75) is 38.7 Å². The number of hydrogen-bond acceptors (Lipinski definition) is 6. The van der Waals surface area contributed by atoms with Crippen LogP contribution in [0.2, 0.25) is 0 Å². The number of benzene rings is 1. The van der Waals surface area contributed by atoms with Crippen LogP contribution in [0.3, 0.4) is 0 Å². The number of nitrogens with zero attached hydrogens (tertiary/aromatic N) is 2. The normalized spacial score (nSPS) is 15.1. The number of methoxy groups -OCH3 is 1. The lowest BCUT2D eigenvalue weighted by molar-refractivity contribution is 0.0376. The molecule has 3 rings (SSSR count). The third-order valence-corrected chi connectivity index (χ3v) is 7.33. The zero-order chi connectivity index (χ0) is 23.6. The first-order valence-electron chi connectivity index (χ1n) is 10.4. The summed E-state index contributed by atoms with van der Waals surface area (Å²) in [6, 6.07) is 6.22. The number of aromatic amines is 1. The van der Waals surface area contributed by atoms with Gasteiger partial charge in [0.05, 0.1) is 23.7 Å². The zero-order valence-corrected chi connectivity index (χ0v) is 19.8. The molecular formula is C22H29N3O6S. The highest BCUT2D eigenvalue weighted by Gasteiger charge is 2.32. The van der Waals surface area contributed by atoms with E-state index in [4.69, 9.17) is 9.47 Å². The monoisotopic (exact) mass is 463 g/mol. The maximum absolute atomic E-state index is 13.1. The fourth-order valence-corrected chi connectivity index (χ4v) is 5.15. The van der Waals surface area contributed by atoms with Crippen molar-refractivity contribution in [3.8, 4) is 5.75 Å². The number of nitrogens with one attached hydrogen (secondary N) is 1. The Morgan fingerprint density at radius 3 is 2.16 bits per heavy atom. The third kappa shape index (κ3) is 4.66. The number of H-pyrrole nitrogens is 1. The fraction of sp³-hybridized carbons (Fsp3) is 0.455. The number of aromatic nitrogens is 1. The Hall–Kier alpha value is -2.85. The number of esters is 1. The van der Waals surface area contributed by atoms with Crippen LogP contribution in [0.5, 0.6) is 5.75 Å². The van der Waals surface area contributed by atoms with E-state index in [-0.39, 0.29) is 43.1 Å². The third-order valence-electron chi connectivity index (χ3n) is 5.42. The van der Waals surface area contributed by atoms with Gasteiger partial charge in [0.1, 0.15) is 11.4 Å². The number of hydrogen-bond donors (Lipinski definition) is 1. The predicted octanol–water partition coefficient (Wildman–Crippen LogP) is 2.35. The van der Waals surface area contributed by atoms with Gasteiger partial charge in [0.15, 0.2) is 0 Å². The number of aryl methyl sites for hydroxylation is 1. The number of ether oxygens (including phenoxy) is 2. The van der Waals surface area contributed by atoms with E-state index in [0.717, 1.165) is 0 Å². The Kier molecular flexibility index (Phi) is 6.94. The van der Waals surface area contributed by atoms with Crippen molar-refractivity contribution in [2.24, 2.45) is 0 Å². The van der Waals surface area contributed by atoms with E-state index in [1.807, 2.05) is 0 Å². The van der Waals surface area contributed by atoms with E-state index in [1.54, 1.807) is 44.7 Å². The van der Waals surface area contributed by atoms with Crippen LogP contribution in [-0.4, -0.2) is 73.9 Å². The molecular weight excluding hydrogens is 434 g/mol. The van der Waals surface area contributed by atoms with Crippen molar-refractivity contribution in [1.82, 2.24) is 14.2 Å². The van der Waals surface area contributed by atoms with Crippen LogP contribution in [0, 0.1) is 13.8 Å². The summed E-state index contributed by atoms with van der Waals surface area (Å²) in [5.41, 5.74) is 1.79. The molecule has 0 unspecified atom stereocenters. The van der Waals surface area contributed by atoms with Crippen LogP contribution in [0.25, 0.3) is 0 Å². The summed E-state index contributed by atoms with van der Waals surface area (Å²) >= 11 is 0. The predicted molar refractivity (Wildman–Crippen MR) is 118 cm³/mol. The molecule has 32 heavy (non-hydrogen) atoms. The van der Waals surface area contributed by atoms with Crippen LogP contribution in [0.4, 0.5) is 0 Å². The molecule has 1 saturated heterocycles.